The van der Waals surface area contributed by atoms with E-state index >= 15 is 0 Å². The average Bonchev–Trinajstić information content (AvgIpc) is 2.68. The number of nitrogens with one attached hydrogen (secondary N) is 1. The Labute approximate surface area is 160 Å². The van der Waals surface area contributed by atoms with Gasteiger partial charge in [0, 0.05) is 11.6 Å². The number of rotatable bonds is 5. The Morgan fingerprint density at radius 3 is 2.71 bits per heavy atom. The van der Waals surface area contributed by atoms with E-state index in [2.05, 4.69) is 10.5 Å². The number of nitrogens with zero attached hydrogens (tertiary/aromatic N) is 2. The molecule has 0 aliphatic carbocycles. The van der Waals surface area contributed by atoms with Crippen molar-refractivity contribution in [2.45, 2.75) is 6.92 Å². The minimum absolute atomic E-state index is 0.0426. The highest BCUT2D eigenvalue weighted by Crippen LogP contribution is 2.33. The quantitative estimate of drug-likeness (QED) is 0.400. The largest absolute Gasteiger partial charge is 0.504 e. The van der Waals surface area contributed by atoms with Crippen molar-refractivity contribution >= 4 is 28.6 Å². The topological polar surface area (TPSA) is 114 Å². The van der Waals surface area contributed by atoms with Crippen LogP contribution in [0.3, 0.4) is 0 Å². The number of aromatic hydroxyl groups is 1. The summed E-state index contributed by atoms with van der Waals surface area (Å²) < 4.78 is 4.93. The molecule has 1 amide bonds. The Bertz CT molecular complexity index is 1110. The van der Waals surface area contributed by atoms with E-state index in [0.29, 0.717) is 5.56 Å². The number of fused-ring (bicyclic) bond motifs is 1. The molecule has 3 rings (SSSR count). The summed E-state index contributed by atoms with van der Waals surface area (Å²) in [4.78, 5) is 23.0. The van der Waals surface area contributed by atoms with E-state index in [0.717, 1.165) is 34.7 Å². The summed E-state index contributed by atoms with van der Waals surface area (Å²) in [6, 6.07) is 13.5. The highest BCUT2D eigenvalue weighted by atomic mass is 16.6. The molecule has 0 aliphatic rings. The summed E-state index contributed by atoms with van der Waals surface area (Å²) >= 11 is 0. The predicted molar refractivity (Wildman–Crippen MR) is 105 cm³/mol. The third-order valence-electron chi connectivity index (χ3n) is 4.25. The molecule has 0 saturated heterocycles. The number of aryl methyl sites for hydroxylation is 1. The molecule has 0 spiro atoms. The maximum absolute atomic E-state index is 12.6. The second-order valence-corrected chi connectivity index (χ2v) is 6.02. The molecule has 0 aliphatic heterocycles. The molecule has 0 unspecified atom stereocenters. The molecule has 0 saturated carbocycles. The molecular formula is C20H17N3O5. The van der Waals surface area contributed by atoms with Gasteiger partial charge >= 0.3 is 0 Å². The SMILES string of the molecule is COc1cc([N+](=O)[O-])cc(/C=N\NC(=O)c2c(C)ccc3ccccc23)c1O. The molecule has 2 N–H and O–H groups in total. The Hall–Kier alpha value is -3.94. The minimum Gasteiger partial charge on any atom is -0.504 e. The Balaban J connectivity index is 1.90. The monoisotopic (exact) mass is 379 g/mol. The number of ether oxygens (including phenoxy) is 1. The predicted octanol–water partition coefficient (Wildman–Crippen LogP) is 3.53. The summed E-state index contributed by atoms with van der Waals surface area (Å²) in [6.45, 7) is 1.82. The van der Waals surface area contributed by atoms with E-state index in [1.165, 1.54) is 7.11 Å². The van der Waals surface area contributed by atoms with Crippen molar-refractivity contribution < 1.29 is 19.6 Å². The Morgan fingerprint density at radius 1 is 1.25 bits per heavy atom. The fraction of sp³-hybridized carbons (Fsp3) is 0.100. The van der Waals surface area contributed by atoms with Gasteiger partial charge in [-0.2, -0.15) is 5.10 Å². The molecule has 8 heteroatoms. The van der Waals surface area contributed by atoms with Gasteiger partial charge in [-0.1, -0.05) is 36.4 Å². The highest BCUT2D eigenvalue weighted by Gasteiger charge is 2.16. The lowest BCUT2D eigenvalue weighted by atomic mass is 9.99. The van der Waals surface area contributed by atoms with Gasteiger partial charge in [-0.3, -0.25) is 14.9 Å². The lowest BCUT2D eigenvalue weighted by Crippen LogP contribution is -2.19. The number of hydrogen-bond donors (Lipinski definition) is 2. The molecule has 0 atom stereocenters. The van der Waals surface area contributed by atoms with E-state index in [4.69, 9.17) is 4.74 Å². The Kier molecular flexibility index (Phi) is 5.21. The number of hydrazone groups is 1. The first-order valence-corrected chi connectivity index (χ1v) is 8.29. The minimum atomic E-state index is -0.614. The van der Waals surface area contributed by atoms with Gasteiger partial charge in [-0.05, 0) is 23.3 Å². The van der Waals surface area contributed by atoms with Gasteiger partial charge in [0.15, 0.2) is 11.5 Å². The zero-order chi connectivity index (χ0) is 20.3. The van der Waals surface area contributed by atoms with E-state index < -0.39 is 10.8 Å². The molecule has 0 bridgehead atoms. The van der Waals surface area contributed by atoms with Crippen molar-refractivity contribution in [3.8, 4) is 11.5 Å². The van der Waals surface area contributed by atoms with Crippen LogP contribution in [0.1, 0.15) is 21.5 Å². The first-order valence-electron chi connectivity index (χ1n) is 8.29. The van der Waals surface area contributed by atoms with Crippen LogP contribution < -0.4 is 10.2 Å². The number of phenols is 1. The third kappa shape index (κ3) is 3.61. The number of nitro groups is 1. The van der Waals surface area contributed by atoms with E-state index in [1.54, 1.807) is 0 Å². The van der Waals surface area contributed by atoms with E-state index in [9.17, 15) is 20.0 Å². The van der Waals surface area contributed by atoms with Crippen molar-refractivity contribution in [1.29, 1.82) is 0 Å². The zero-order valence-electron chi connectivity index (χ0n) is 15.2. The number of phenolic OH excluding ortho intramolecular Hbond substituents is 1. The van der Waals surface area contributed by atoms with Gasteiger partial charge in [0.05, 0.1) is 29.9 Å². The van der Waals surface area contributed by atoms with Crippen LogP contribution in [0.25, 0.3) is 10.8 Å². The van der Waals surface area contributed by atoms with Gasteiger partial charge in [0.1, 0.15) is 0 Å². The third-order valence-corrected chi connectivity index (χ3v) is 4.25. The molecule has 0 heterocycles. The maximum atomic E-state index is 12.6. The number of amides is 1. The van der Waals surface area contributed by atoms with Crippen molar-refractivity contribution in [2.24, 2.45) is 5.10 Å². The lowest BCUT2D eigenvalue weighted by molar-refractivity contribution is -0.385. The molecule has 8 nitrogen and oxygen atoms in total. The summed E-state index contributed by atoms with van der Waals surface area (Å²) in [5, 5.41) is 26.7. The summed E-state index contributed by atoms with van der Waals surface area (Å²) in [5.41, 5.74) is 3.44. The smallest absolute Gasteiger partial charge is 0.274 e. The van der Waals surface area contributed by atoms with Crippen molar-refractivity contribution in [3.63, 3.8) is 0 Å². The van der Waals surface area contributed by atoms with Crippen LogP contribution in [0.2, 0.25) is 0 Å². The molecule has 0 radical (unpaired) electrons. The van der Waals surface area contributed by atoms with Crippen LogP contribution >= 0.6 is 0 Å². The molecule has 0 aromatic heterocycles. The van der Waals surface area contributed by atoms with Crippen molar-refractivity contribution in [3.05, 3.63) is 75.3 Å². The zero-order valence-corrected chi connectivity index (χ0v) is 15.2. The van der Waals surface area contributed by atoms with Crippen molar-refractivity contribution in [2.75, 3.05) is 7.11 Å². The normalized spacial score (nSPS) is 10.9. The second kappa shape index (κ2) is 7.75. The highest BCUT2D eigenvalue weighted by molar-refractivity contribution is 6.08. The van der Waals surface area contributed by atoms with Crippen LogP contribution in [0.4, 0.5) is 5.69 Å². The van der Waals surface area contributed by atoms with Gasteiger partial charge in [0.2, 0.25) is 0 Å². The van der Waals surface area contributed by atoms with E-state index in [-0.39, 0.29) is 22.7 Å². The van der Waals surface area contributed by atoms with Crippen molar-refractivity contribution in [1.82, 2.24) is 5.43 Å². The fourth-order valence-corrected chi connectivity index (χ4v) is 2.87. The standard InChI is InChI=1S/C20H17N3O5/c1-12-7-8-13-5-3-4-6-16(13)18(12)20(25)22-21-11-14-9-15(23(26)27)10-17(28-2)19(14)24/h3-11,24H,1-2H3,(H,22,25)/b21-11-. The average molecular weight is 379 g/mol. The fourth-order valence-electron chi connectivity index (χ4n) is 2.87. The van der Waals surface area contributed by atoms with Crippen LogP contribution in [0, 0.1) is 17.0 Å². The summed E-state index contributed by atoms with van der Waals surface area (Å²) in [7, 11) is 1.28. The molecule has 28 heavy (non-hydrogen) atoms. The molecule has 3 aromatic rings. The van der Waals surface area contributed by atoms with E-state index in [1.807, 2.05) is 43.3 Å². The number of hydrogen-bond acceptors (Lipinski definition) is 6. The number of carbonyl (C=O) groups is 1. The van der Waals surface area contributed by atoms with Gasteiger partial charge in [-0.25, -0.2) is 5.43 Å². The summed E-state index contributed by atoms with van der Waals surface area (Å²) in [6.07, 6.45) is 1.13. The Morgan fingerprint density at radius 2 is 2.00 bits per heavy atom. The second-order valence-electron chi connectivity index (χ2n) is 6.02. The van der Waals surface area contributed by atoms with Crippen LogP contribution in [-0.2, 0) is 0 Å². The number of benzene rings is 3. The maximum Gasteiger partial charge on any atom is 0.274 e. The van der Waals surface area contributed by atoms with Gasteiger partial charge in [0.25, 0.3) is 11.6 Å². The number of non-ortho nitro benzene ring substituents is 1. The lowest BCUT2D eigenvalue weighted by Gasteiger charge is -2.09. The molecule has 0 fully saturated rings. The van der Waals surface area contributed by atoms with Gasteiger partial charge in [-0.15, -0.1) is 0 Å². The molecule has 3 aromatic carbocycles. The first kappa shape index (κ1) is 18.8. The number of methoxy groups -OCH3 is 1. The van der Waals surface area contributed by atoms with Crippen LogP contribution in [-0.4, -0.2) is 29.3 Å². The van der Waals surface area contributed by atoms with Crippen LogP contribution in [0.5, 0.6) is 11.5 Å². The first-order chi connectivity index (χ1) is 13.4. The summed E-state index contributed by atoms with van der Waals surface area (Å²) in [5.74, 6) is -0.804. The molecular weight excluding hydrogens is 362 g/mol. The molecule has 142 valence electrons. The van der Waals surface area contributed by atoms with Crippen LogP contribution in [0.15, 0.2) is 53.6 Å². The number of carbonyl (C=O) groups excluding carboxylic acids is 1. The van der Waals surface area contributed by atoms with Gasteiger partial charge < -0.3 is 9.84 Å². The number of nitro benzene ring substituents is 1.